The lowest BCUT2D eigenvalue weighted by atomic mass is 9.83. The molecule has 56 heavy (non-hydrogen) atoms. The molecule has 3 aliphatic heterocycles. The molecule has 4 rings (SSSR count). The third-order valence-electron chi connectivity index (χ3n) is 10.8. The Hall–Kier alpha value is -3.91. The molecule has 3 aliphatic rings. The van der Waals surface area contributed by atoms with Crippen molar-refractivity contribution in [1.29, 1.82) is 0 Å². The zero-order chi connectivity index (χ0) is 42.0. The topological polar surface area (TPSA) is 156 Å². The molecule has 2 fully saturated rings. The SMILES string of the molecule is C=CCCCCC.CCC(=O)N(C)[C@@H](C)C(=O)O[C@H]1CC(=O)N(C)c2cc(cc(OC)c2Cl)C/C(C)=C/C=C/[C@@H](OC)[C@@]2(O)C[C@H](OC(=O)N2)[C@@H](C)[C@@H]2O[C@@]12C. The minimum Gasteiger partial charge on any atom is -0.495 e. The van der Waals surface area contributed by atoms with E-state index in [1.54, 1.807) is 59.0 Å². The van der Waals surface area contributed by atoms with Gasteiger partial charge in [0.25, 0.3) is 0 Å². The Kier molecular flexibility index (Phi) is 17.0. The normalized spacial score (nSPS) is 29.8. The highest BCUT2D eigenvalue weighted by molar-refractivity contribution is 6.35. The minimum atomic E-state index is -1.82. The Morgan fingerprint density at radius 3 is 2.54 bits per heavy atom. The smallest absolute Gasteiger partial charge is 0.409 e. The number of hydrogen-bond acceptors (Lipinski definition) is 10. The molecule has 4 bridgehead atoms. The molecule has 1 aromatic carbocycles. The van der Waals surface area contributed by atoms with Gasteiger partial charge in [-0.25, -0.2) is 9.59 Å². The molecular formula is C42H62ClN3O10. The Labute approximate surface area is 337 Å². The van der Waals surface area contributed by atoms with Crippen molar-refractivity contribution in [1.82, 2.24) is 10.2 Å². The van der Waals surface area contributed by atoms with Gasteiger partial charge in [0, 0.05) is 40.0 Å². The van der Waals surface area contributed by atoms with E-state index in [9.17, 15) is 24.3 Å². The highest BCUT2D eigenvalue weighted by Gasteiger charge is 2.64. The molecule has 2 N–H and O–H groups in total. The summed E-state index contributed by atoms with van der Waals surface area (Å²) in [6, 6.07) is 2.64. The molecule has 8 atom stereocenters. The van der Waals surface area contributed by atoms with Gasteiger partial charge in [-0.1, -0.05) is 75.1 Å². The van der Waals surface area contributed by atoms with Crippen LogP contribution < -0.4 is 15.0 Å². The fraction of sp³-hybridized carbons (Fsp3) is 0.619. The summed E-state index contributed by atoms with van der Waals surface area (Å²) in [6.07, 6.45) is 8.38. The first-order chi connectivity index (χ1) is 26.4. The molecule has 3 amide bonds. The summed E-state index contributed by atoms with van der Waals surface area (Å²) in [5, 5.41) is 14.4. The zero-order valence-electron chi connectivity index (χ0n) is 34.7. The molecule has 0 aromatic heterocycles. The minimum absolute atomic E-state index is 0.0431. The number of likely N-dealkylation sites (N-methyl/N-ethyl adjacent to an activating group) is 1. The third kappa shape index (κ3) is 11.4. The van der Waals surface area contributed by atoms with Crippen molar-refractivity contribution < 1.29 is 48.0 Å². The van der Waals surface area contributed by atoms with Crippen LogP contribution in [0.1, 0.15) is 92.1 Å². The Morgan fingerprint density at radius 2 is 1.93 bits per heavy atom. The van der Waals surface area contributed by atoms with Gasteiger partial charge < -0.3 is 38.6 Å². The predicted molar refractivity (Wildman–Crippen MR) is 216 cm³/mol. The number of hydrogen-bond donors (Lipinski definition) is 2. The Balaban J connectivity index is 0.00000109. The maximum Gasteiger partial charge on any atom is 0.409 e. The monoisotopic (exact) mass is 803 g/mol. The largest absolute Gasteiger partial charge is 0.495 e. The van der Waals surface area contributed by atoms with Gasteiger partial charge in [0.1, 0.15) is 40.7 Å². The van der Waals surface area contributed by atoms with E-state index < -0.39 is 65.7 Å². The lowest BCUT2D eigenvalue weighted by molar-refractivity contribution is -0.162. The van der Waals surface area contributed by atoms with E-state index in [-0.39, 0.29) is 30.2 Å². The number of alkyl carbamates (subject to hydrolysis) is 1. The van der Waals surface area contributed by atoms with Crippen molar-refractivity contribution in [3.8, 4) is 5.75 Å². The van der Waals surface area contributed by atoms with E-state index >= 15 is 0 Å². The summed E-state index contributed by atoms with van der Waals surface area (Å²) in [5.74, 6) is -1.53. The van der Waals surface area contributed by atoms with Gasteiger partial charge >= 0.3 is 12.1 Å². The number of carbonyl (C=O) groups excluding carboxylic acids is 4. The van der Waals surface area contributed by atoms with Crippen LogP contribution >= 0.6 is 11.6 Å². The molecule has 0 aliphatic carbocycles. The van der Waals surface area contributed by atoms with Crippen LogP contribution in [-0.4, -0.2) is 104 Å². The maximum atomic E-state index is 14.0. The standard InChI is InChI=1S/C35H48ClN3O10.C7H14/c1-10-28(40)38(6)21(4)32(42)48-27-17-29(41)39(7)23-15-22(16-24(45-8)30(23)36)14-19(2)12-11-13-26(46-9)35(44)18-25(47-33(43)37-35)20(3)31-34(27,5)49-31;1-3-5-7-6-4-2/h11-13,15-16,20-21,25-27,31,44H,10,14,17-18H2,1-9H3,(H,37,43);3H,1,4-7H2,2H3/b13-11+,19-12+;/t20-,21+,25+,26-,27+,31+,34+,35+;/m1./s1. The number of esters is 1. The quantitative estimate of drug-likeness (QED) is 0.113. The average Bonchev–Trinajstić information content (AvgIpc) is 3.86. The summed E-state index contributed by atoms with van der Waals surface area (Å²) in [7, 11) is 6.01. The number of nitrogens with one attached hydrogen (secondary N) is 1. The van der Waals surface area contributed by atoms with Gasteiger partial charge in [-0.05, 0) is 57.7 Å². The number of nitrogens with zero attached hydrogens (tertiary/aromatic N) is 2. The van der Waals surface area contributed by atoms with E-state index in [4.69, 9.17) is 35.3 Å². The molecule has 14 heteroatoms. The number of allylic oxidation sites excluding steroid dienone is 4. The number of rotatable bonds is 10. The summed E-state index contributed by atoms with van der Waals surface area (Å²) in [6.45, 7) is 14.5. The van der Waals surface area contributed by atoms with Crippen LogP contribution in [0.4, 0.5) is 10.5 Å². The summed E-state index contributed by atoms with van der Waals surface area (Å²) in [4.78, 5) is 55.3. The Bertz CT molecular complexity index is 1630. The number of methoxy groups -OCH3 is 2. The van der Waals surface area contributed by atoms with E-state index in [2.05, 4.69) is 18.8 Å². The molecule has 0 spiro atoms. The molecule has 3 heterocycles. The second kappa shape index (κ2) is 20.5. The number of benzene rings is 1. The van der Waals surface area contributed by atoms with Crippen LogP contribution in [0.2, 0.25) is 5.02 Å². The zero-order valence-corrected chi connectivity index (χ0v) is 35.4. The second-order valence-corrected chi connectivity index (χ2v) is 15.4. The lowest BCUT2D eigenvalue weighted by Gasteiger charge is -2.42. The molecule has 0 radical (unpaired) electrons. The van der Waals surface area contributed by atoms with Crippen LogP contribution in [0.3, 0.4) is 0 Å². The van der Waals surface area contributed by atoms with Crippen LogP contribution in [-0.2, 0) is 39.8 Å². The summed E-state index contributed by atoms with van der Waals surface area (Å²) in [5.41, 5.74) is -0.870. The maximum absolute atomic E-state index is 14.0. The molecule has 13 nitrogen and oxygen atoms in total. The number of unbranched alkanes of at least 4 members (excludes halogenated alkanes) is 3. The number of epoxide rings is 1. The van der Waals surface area contributed by atoms with Crippen LogP contribution in [0.5, 0.6) is 5.75 Å². The fourth-order valence-electron chi connectivity index (χ4n) is 7.01. The summed E-state index contributed by atoms with van der Waals surface area (Å²) < 4.78 is 29.0. The number of ether oxygens (including phenoxy) is 5. The van der Waals surface area contributed by atoms with Gasteiger partial charge in [0.05, 0.1) is 25.3 Å². The van der Waals surface area contributed by atoms with E-state index in [1.165, 1.54) is 56.8 Å². The number of fused-ring (bicyclic) bond motifs is 5. The first-order valence-electron chi connectivity index (χ1n) is 19.4. The van der Waals surface area contributed by atoms with E-state index in [0.29, 0.717) is 17.9 Å². The summed E-state index contributed by atoms with van der Waals surface area (Å²) >= 11 is 6.72. The lowest BCUT2D eigenvalue weighted by Crippen LogP contribution is -2.63. The Morgan fingerprint density at radius 1 is 1.23 bits per heavy atom. The van der Waals surface area contributed by atoms with Gasteiger partial charge in [-0.3, -0.25) is 14.9 Å². The van der Waals surface area contributed by atoms with Crippen molar-refractivity contribution in [2.24, 2.45) is 5.92 Å². The molecular weight excluding hydrogens is 742 g/mol. The molecule has 1 aromatic rings. The molecule has 312 valence electrons. The van der Waals surface area contributed by atoms with Gasteiger partial charge in [-0.2, -0.15) is 0 Å². The van der Waals surface area contributed by atoms with Crippen molar-refractivity contribution in [2.45, 2.75) is 135 Å². The molecule has 2 saturated heterocycles. The van der Waals surface area contributed by atoms with Crippen molar-refractivity contribution in [3.05, 3.63) is 59.2 Å². The first-order valence-corrected chi connectivity index (χ1v) is 19.7. The number of anilines is 1. The van der Waals surface area contributed by atoms with Gasteiger partial charge in [0.2, 0.25) is 11.8 Å². The first kappa shape index (κ1) is 46.5. The number of halogens is 1. The molecule has 0 unspecified atom stereocenters. The van der Waals surface area contributed by atoms with Crippen LogP contribution in [0.25, 0.3) is 0 Å². The number of aliphatic hydroxyl groups is 1. The third-order valence-corrected chi connectivity index (χ3v) is 11.2. The second-order valence-electron chi connectivity index (χ2n) is 15.0. The van der Waals surface area contributed by atoms with Crippen molar-refractivity contribution in [3.63, 3.8) is 0 Å². The van der Waals surface area contributed by atoms with Crippen molar-refractivity contribution in [2.75, 3.05) is 33.2 Å². The van der Waals surface area contributed by atoms with Gasteiger partial charge in [-0.15, -0.1) is 6.58 Å². The van der Waals surface area contributed by atoms with E-state index in [1.807, 2.05) is 19.1 Å². The van der Waals surface area contributed by atoms with Crippen molar-refractivity contribution >= 4 is 41.2 Å². The number of carbonyl (C=O) groups is 4. The average molecular weight is 804 g/mol. The van der Waals surface area contributed by atoms with Crippen LogP contribution in [0.15, 0.2) is 48.6 Å². The predicted octanol–water partition coefficient (Wildman–Crippen LogP) is 6.68. The molecule has 0 saturated carbocycles. The van der Waals surface area contributed by atoms with Gasteiger partial charge in [0.15, 0.2) is 5.72 Å². The van der Waals surface area contributed by atoms with Crippen LogP contribution in [0, 0.1) is 5.92 Å². The fourth-order valence-corrected chi connectivity index (χ4v) is 7.32. The highest BCUT2D eigenvalue weighted by Crippen LogP contribution is 2.49. The number of amides is 3. The highest BCUT2D eigenvalue weighted by atomic mass is 35.5. The van der Waals surface area contributed by atoms with E-state index in [0.717, 1.165) is 11.1 Å².